The summed E-state index contributed by atoms with van der Waals surface area (Å²) in [5.74, 6) is 0. The van der Waals surface area contributed by atoms with E-state index < -0.39 is 0 Å². The Hall–Kier alpha value is -1.72. The average Bonchev–Trinajstić information content (AvgIpc) is 2.96. The summed E-state index contributed by atoms with van der Waals surface area (Å²) >= 11 is 1.74. The van der Waals surface area contributed by atoms with Crippen LogP contribution in [0.15, 0.2) is 35.8 Å². The maximum atomic E-state index is 5.50. The molecule has 2 aromatic heterocycles. The number of hydrogen-bond acceptors (Lipinski definition) is 4. The van der Waals surface area contributed by atoms with Gasteiger partial charge >= 0.3 is 0 Å². The number of nitrogens with two attached hydrogens (primary N) is 1. The van der Waals surface area contributed by atoms with Gasteiger partial charge in [-0.3, -0.25) is 0 Å². The quantitative estimate of drug-likeness (QED) is 0.732. The van der Waals surface area contributed by atoms with E-state index >= 15 is 0 Å². The van der Waals surface area contributed by atoms with Gasteiger partial charge in [0, 0.05) is 11.2 Å². The molecule has 4 nitrogen and oxygen atoms in total. The van der Waals surface area contributed by atoms with Crippen molar-refractivity contribution in [2.24, 2.45) is 5.73 Å². The fourth-order valence-corrected chi connectivity index (χ4v) is 2.39. The summed E-state index contributed by atoms with van der Waals surface area (Å²) in [6, 6.07) is 8.33. The summed E-state index contributed by atoms with van der Waals surface area (Å²) in [6.45, 7) is 0.417. The zero-order valence-corrected chi connectivity index (χ0v) is 9.31. The summed E-state index contributed by atoms with van der Waals surface area (Å²) in [5, 5.41) is 11.3. The molecular weight excluding hydrogens is 220 g/mol. The lowest BCUT2D eigenvalue weighted by Gasteiger charge is -1.99. The van der Waals surface area contributed by atoms with Crippen LogP contribution >= 0.6 is 11.3 Å². The van der Waals surface area contributed by atoms with Gasteiger partial charge in [-0.15, -0.1) is 16.4 Å². The van der Waals surface area contributed by atoms with Crippen LogP contribution in [0.4, 0.5) is 0 Å². The SMILES string of the molecule is NCc1cn(-c2ccc3sccc3c2)nn1. The predicted molar refractivity (Wildman–Crippen MR) is 64.6 cm³/mol. The van der Waals surface area contributed by atoms with E-state index in [1.54, 1.807) is 16.0 Å². The highest BCUT2D eigenvalue weighted by Gasteiger charge is 2.02. The van der Waals surface area contributed by atoms with Crippen LogP contribution in [0.25, 0.3) is 15.8 Å². The number of hydrogen-bond donors (Lipinski definition) is 1. The first kappa shape index (κ1) is 9.50. The largest absolute Gasteiger partial charge is 0.325 e. The molecule has 2 heterocycles. The molecule has 5 heteroatoms. The summed E-state index contributed by atoms with van der Waals surface area (Å²) in [4.78, 5) is 0. The van der Waals surface area contributed by atoms with Crippen molar-refractivity contribution in [2.45, 2.75) is 6.54 Å². The van der Waals surface area contributed by atoms with E-state index in [9.17, 15) is 0 Å². The first-order valence-corrected chi connectivity index (χ1v) is 5.84. The van der Waals surface area contributed by atoms with Crippen LogP contribution in [-0.4, -0.2) is 15.0 Å². The van der Waals surface area contributed by atoms with E-state index in [1.165, 1.54) is 10.1 Å². The molecule has 0 aliphatic carbocycles. The van der Waals surface area contributed by atoms with Gasteiger partial charge in [0.2, 0.25) is 0 Å². The van der Waals surface area contributed by atoms with E-state index in [0.717, 1.165) is 11.4 Å². The third-order valence-electron chi connectivity index (χ3n) is 2.45. The van der Waals surface area contributed by atoms with Crippen LogP contribution in [0.1, 0.15) is 5.69 Å². The van der Waals surface area contributed by atoms with E-state index in [0.29, 0.717) is 6.54 Å². The molecule has 3 aromatic rings. The van der Waals surface area contributed by atoms with Gasteiger partial charge in [0.15, 0.2) is 0 Å². The average molecular weight is 230 g/mol. The lowest BCUT2D eigenvalue weighted by Crippen LogP contribution is -1.95. The maximum absolute atomic E-state index is 5.50. The fourth-order valence-electron chi connectivity index (χ4n) is 1.61. The third kappa shape index (κ3) is 1.50. The number of aromatic nitrogens is 3. The molecule has 2 N–H and O–H groups in total. The highest BCUT2D eigenvalue weighted by molar-refractivity contribution is 7.17. The van der Waals surface area contributed by atoms with Crippen molar-refractivity contribution in [1.82, 2.24) is 15.0 Å². The highest BCUT2D eigenvalue weighted by atomic mass is 32.1. The lowest BCUT2D eigenvalue weighted by molar-refractivity contribution is 0.797. The Morgan fingerprint density at radius 3 is 3.06 bits per heavy atom. The van der Waals surface area contributed by atoms with Gasteiger partial charge in [-0.1, -0.05) is 5.21 Å². The van der Waals surface area contributed by atoms with Gasteiger partial charge in [0.25, 0.3) is 0 Å². The molecule has 0 aliphatic heterocycles. The van der Waals surface area contributed by atoms with Crippen LogP contribution in [0, 0.1) is 0 Å². The van der Waals surface area contributed by atoms with Crippen LogP contribution in [-0.2, 0) is 6.54 Å². The molecule has 80 valence electrons. The second-order valence-corrected chi connectivity index (χ2v) is 4.45. The second-order valence-electron chi connectivity index (χ2n) is 3.50. The lowest BCUT2D eigenvalue weighted by atomic mass is 10.2. The zero-order chi connectivity index (χ0) is 11.0. The number of benzene rings is 1. The Balaban J connectivity index is 2.10. The Bertz CT molecular complexity index is 625. The van der Waals surface area contributed by atoms with Crippen molar-refractivity contribution in [3.05, 3.63) is 41.5 Å². The summed E-state index contributed by atoms with van der Waals surface area (Å²) < 4.78 is 3.03. The molecule has 0 saturated carbocycles. The van der Waals surface area contributed by atoms with Crippen LogP contribution < -0.4 is 5.73 Å². The van der Waals surface area contributed by atoms with Gasteiger partial charge < -0.3 is 5.73 Å². The van der Waals surface area contributed by atoms with Crippen molar-refractivity contribution in [3.8, 4) is 5.69 Å². The van der Waals surface area contributed by atoms with Gasteiger partial charge in [0.05, 0.1) is 17.6 Å². The van der Waals surface area contributed by atoms with Crippen molar-refractivity contribution in [1.29, 1.82) is 0 Å². The van der Waals surface area contributed by atoms with E-state index in [-0.39, 0.29) is 0 Å². The standard InChI is InChI=1S/C11H10N4S/c12-6-9-7-15(14-13-9)10-1-2-11-8(5-10)3-4-16-11/h1-5,7H,6,12H2. The molecule has 16 heavy (non-hydrogen) atoms. The summed E-state index contributed by atoms with van der Waals surface area (Å²) in [7, 11) is 0. The normalized spacial score (nSPS) is 11.1. The summed E-state index contributed by atoms with van der Waals surface area (Å²) in [5.41, 5.74) is 7.31. The topological polar surface area (TPSA) is 56.7 Å². The number of rotatable bonds is 2. The van der Waals surface area contributed by atoms with Gasteiger partial charge in [-0.25, -0.2) is 4.68 Å². The van der Waals surface area contributed by atoms with Crippen LogP contribution in [0.3, 0.4) is 0 Å². The molecule has 0 fully saturated rings. The Morgan fingerprint density at radius 1 is 1.31 bits per heavy atom. The molecule has 0 saturated heterocycles. The van der Waals surface area contributed by atoms with Crippen LogP contribution in [0.5, 0.6) is 0 Å². The van der Waals surface area contributed by atoms with Crippen LogP contribution in [0.2, 0.25) is 0 Å². The second kappa shape index (κ2) is 3.70. The Kier molecular flexibility index (Phi) is 2.19. The smallest absolute Gasteiger partial charge is 0.0967 e. The minimum atomic E-state index is 0.417. The monoisotopic (exact) mass is 230 g/mol. The summed E-state index contributed by atoms with van der Waals surface area (Å²) in [6.07, 6.45) is 1.85. The molecule has 0 atom stereocenters. The third-order valence-corrected chi connectivity index (χ3v) is 3.35. The molecule has 0 bridgehead atoms. The zero-order valence-electron chi connectivity index (χ0n) is 8.50. The first-order valence-electron chi connectivity index (χ1n) is 4.96. The Morgan fingerprint density at radius 2 is 2.25 bits per heavy atom. The number of nitrogens with zero attached hydrogens (tertiary/aromatic N) is 3. The molecule has 0 spiro atoms. The minimum absolute atomic E-state index is 0.417. The van der Waals surface area contributed by atoms with Gasteiger partial charge in [-0.2, -0.15) is 0 Å². The van der Waals surface area contributed by atoms with E-state index in [4.69, 9.17) is 5.73 Å². The molecule has 0 unspecified atom stereocenters. The molecule has 1 aromatic carbocycles. The molecule has 0 amide bonds. The van der Waals surface area contributed by atoms with Crippen molar-refractivity contribution in [2.75, 3.05) is 0 Å². The van der Waals surface area contributed by atoms with Gasteiger partial charge in [-0.05, 0) is 35.0 Å². The minimum Gasteiger partial charge on any atom is -0.325 e. The molecule has 0 aliphatic rings. The van der Waals surface area contributed by atoms with Gasteiger partial charge in [0.1, 0.15) is 0 Å². The number of fused-ring (bicyclic) bond motifs is 1. The highest BCUT2D eigenvalue weighted by Crippen LogP contribution is 2.23. The maximum Gasteiger partial charge on any atom is 0.0967 e. The van der Waals surface area contributed by atoms with Crippen molar-refractivity contribution >= 4 is 21.4 Å². The molecule has 3 rings (SSSR count). The van der Waals surface area contributed by atoms with Crippen molar-refractivity contribution in [3.63, 3.8) is 0 Å². The van der Waals surface area contributed by atoms with Crippen molar-refractivity contribution < 1.29 is 0 Å². The molecular formula is C11H10N4S. The molecule has 0 radical (unpaired) electrons. The van der Waals surface area contributed by atoms with E-state index in [1.807, 2.05) is 12.3 Å². The predicted octanol–water partition coefficient (Wildman–Crippen LogP) is 1.94. The van der Waals surface area contributed by atoms with E-state index in [2.05, 4.69) is 33.9 Å². The fraction of sp³-hybridized carbons (Fsp3) is 0.0909. The Labute approximate surface area is 96.3 Å². The first-order chi connectivity index (χ1) is 7.86. The number of thiophene rings is 1.